The number of thiophene rings is 1. The normalized spacial score (nSPS) is 15.0. The van der Waals surface area contributed by atoms with Gasteiger partial charge in [0.2, 0.25) is 0 Å². The minimum atomic E-state index is -0.251. The van der Waals surface area contributed by atoms with Crippen molar-refractivity contribution in [1.29, 1.82) is 0 Å². The minimum absolute atomic E-state index is 0.183. The summed E-state index contributed by atoms with van der Waals surface area (Å²) in [5.41, 5.74) is 1.41. The predicted molar refractivity (Wildman–Crippen MR) is 130 cm³/mol. The molecule has 2 aromatic carbocycles. The first-order chi connectivity index (χ1) is 15.6. The number of aromatic nitrogens is 2. The van der Waals surface area contributed by atoms with Gasteiger partial charge in [-0.25, -0.2) is 4.79 Å². The molecule has 0 bridgehead atoms. The van der Waals surface area contributed by atoms with Crippen molar-refractivity contribution in [3.63, 3.8) is 0 Å². The van der Waals surface area contributed by atoms with Gasteiger partial charge in [0.1, 0.15) is 10.4 Å². The topological polar surface area (TPSA) is 59.7 Å². The number of rotatable bonds is 5. The fraction of sp³-hybridized carbons (Fsp3) is 0.333. The number of ether oxygens (including phenoxy) is 1. The van der Waals surface area contributed by atoms with E-state index in [-0.39, 0.29) is 11.2 Å². The van der Waals surface area contributed by atoms with Crippen molar-refractivity contribution in [2.24, 2.45) is 7.05 Å². The lowest BCUT2D eigenvalue weighted by atomic mass is 10.2. The minimum Gasteiger partial charge on any atom is -0.495 e. The number of nitrogens with zero attached hydrogens (tertiary/aromatic N) is 4. The monoisotopic (exact) mass is 450 g/mol. The molecule has 0 atom stereocenters. The molecule has 0 unspecified atom stereocenters. The Morgan fingerprint density at radius 1 is 0.938 bits per heavy atom. The molecule has 1 aliphatic rings. The molecule has 5 rings (SSSR count). The summed E-state index contributed by atoms with van der Waals surface area (Å²) in [6, 6.07) is 15.9. The summed E-state index contributed by atoms with van der Waals surface area (Å²) in [5, 5.41) is 0.962. The molecular formula is C24H26N4O3S. The SMILES string of the molecule is COc1ccccc1N1CCN(CCn2c(=O)c3sc4ccccc4c3n(C)c2=O)CC1. The van der Waals surface area contributed by atoms with Gasteiger partial charge in [-0.05, 0) is 18.2 Å². The molecule has 32 heavy (non-hydrogen) atoms. The molecule has 3 heterocycles. The molecule has 0 amide bonds. The van der Waals surface area contributed by atoms with Crippen molar-refractivity contribution in [3.05, 3.63) is 69.4 Å². The zero-order valence-corrected chi connectivity index (χ0v) is 19.1. The third-order valence-corrected chi connectivity index (χ3v) is 7.45. The maximum atomic E-state index is 13.2. The maximum absolute atomic E-state index is 13.2. The largest absolute Gasteiger partial charge is 0.495 e. The van der Waals surface area contributed by atoms with E-state index in [1.165, 1.54) is 15.9 Å². The second-order valence-electron chi connectivity index (χ2n) is 8.07. The van der Waals surface area contributed by atoms with Crippen LogP contribution in [0.15, 0.2) is 58.1 Å². The Labute approximate surface area is 189 Å². The summed E-state index contributed by atoms with van der Waals surface area (Å²) in [4.78, 5) is 30.8. The Hall–Kier alpha value is -3.10. The van der Waals surface area contributed by atoms with E-state index in [1.807, 2.05) is 42.5 Å². The number of methoxy groups -OCH3 is 1. The van der Waals surface area contributed by atoms with E-state index in [9.17, 15) is 9.59 Å². The summed E-state index contributed by atoms with van der Waals surface area (Å²) in [5.74, 6) is 0.882. The standard InChI is InChI=1S/C24H26N4O3S/c1-25-21-17-7-3-6-10-20(17)32-22(21)23(29)28(24(25)30)16-13-26-11-14-27(15-12-26)18-8-4-5-9-19(18)31-2/h3-10H,11-16H2,1-2H3. The van der Waals surface area contributed by atoms with Crippen LogP contribution in [0.25, 0.3) is 20.3 Å². The summed E-state index contributed by atoms with van der Waals surface area (Å²) in [6.45, 7) is 4.57. The van der Waals surface area contributed by atoms with Crippen LogP contribution in [0.1, 0.15) is 0 Å². The van der Waals surface area contributed by atoms with Crippen LogP contribution in [0.4, 0.5) is 5.69 Å². The van der Waals surface area contributed by atoms with Crippen LogP contribution in [0, 0.1) is 0 Å². The smallest absolute Gasteiger partial charge is 0.331 e. The second-order valence-corrected chi connectivity index (χ2v) is 9.13. The van der Waals surface area contributed by atoms with Crippen LogP contribution in [0.2, 0.25) is 0 Å². The van der Waals surface area contributed by atoms with Crippen LogP contribution in [0.3, 0.4) is 0 Å². The van der Waals surface area contributed by atoms with Crippen LogP contribution in [-0.4, -0.2) is 53.9 Å². The summed E-state index contributed by atoms with van der Waals surface area (Å²) in [7, 11) is 3.45. The number of piperazine rings is 1. The fourth-order valence-corrected chi connectivity index (χ4v) is 5.72. The van der Waals surface area contributed by atoms with Gasteiger partial charge in [-0.15, -0.1) is 11.3 Å². The molecule has 0 saturated carbocycles. The third-order valence-electron chi connectivity index (χ3n) is 6.30. The molecule has 1 saturated heterocycles. The van der Waals surface area contributed by atoms with E-state index in [0.29, 0.717) is 17.8 Å². The molecule has 0 aliphatic carbocycles. The van der Waals surface area contributed by atoms with Gasteiger partial charge in [0.15, 0.2) is 0 Å². The van der Waals surface area contributed by atoms with Gasteiger partial charge in [0.05, 0.1) is 18.3 Å². The zero-order valence-electron chi connectivity index (χ0n) is 18.3. The maximum Gasteiger partial charge on any atom is 0.331 e. The fourth-order valence-electron chi connectivity index (χ4n) is 4.54. The number of hydrogen-bond donors (Lipinski definition) is 0. The van der Waals surface area contributed by atoms with Crippen molar-refractivity contribution in [2.75, 3.05) is 44.7 Å². The Morgan fingerprint density at radius 2 is 1.66 bits per heavy atom. The average molecular weight is 451 g/mol. The lowest BCUT2D eigenvalue weighted by Crippen LogP contribution is -2.49. The predicted octanol–water partition coefficient (Wildman–Crippen LogP) is 2.75. The van der Waals surface area contributed by atoms with Crippen molar-refractivity contribution in [1.82, 2.24) is 14.0 Å². The van der Waals surface area contributed by atoms with Gasteiger partial charge >= 0.3 is 5.69 Å². The quantitative estimate of drug-likeness (QED) is 0.468. The molecule has 1 aliphatic heterocycles. The van der Waals surface area contributed by atoms with Crippen molar-refractivity contribution in [2.45, 2.75) is 6.54 Å². The highest BCUT2D eigenvalue weighted by atomic mass is 32.1. The number of anilines is 1. The van der Waals surface area contributed by atoms with E-state index in [0.717, 1.165) is 53.2 Å². The highest BCUT2D eigenvalue weighted by molar-refractivity contribution is 7.25. The molecule has 2 aromatic heterocycles. The summed E-state index contributed by atoms with van der Waals surface area (Å²) >= 11 is 1.46. The Bertz CT molecular complexity index is 1400. The van der Waals surface area contributed by atoms with Crippen molar-refractivity contribution in [3.8, 4) is 5.75 Å². The van der Waals surface area contributed by atoms with Crippen LogP contribution < -0.4 is 20.9 Å². The first kappa shape index (κ1) is 20.8. The lowest BCUT2D eigenvalue weighted by Gasteiger charge is -2.36. The molecule has 0 radical (unpaired) electrons. The lowest BCUT2D eigenvalue weighted by molar-refractivity contribution is 0.245. The average Bonchev–Trinajstić information content (AvgIpc) is 3.23. The Kier molecular flexibility index (Phi) is 5.48. The van der Waals surface area contributed by atoms with E-state index in [1.54, 1.807) is 18.7 Å². The molecule has 166 valence electrons. The van der Waals surface area contributed by atoms with Gasteiger partial charge in [0.25, 0.3) is 5.56 Å². The number of aryl methyl sites for hydroxylation is 1. The van der Waals surface area contributed by atoms with Crippen LogP contribution in [0.5, 0.6) is 5.75 Å². The Balaban J connectivity index is 1.34. The first-order valence-corrected chi connectivity index (χ1v) is 11.6. The molecule has 4 aromatic rings. The van der Waals surface area contributed by atoms with Gasteiger partial charge < -0.3 is 9.64 Å². The van der Waals surface area contributed by atoms with Crippen molar-refractivity contribution < 1.29 is 4.74 Å². The number of fused-ring (bicyclic) bond motifs is 3. The number of para-hydroxylation sites is 2. The van der Waals surface area contributed by atoms with Crippen molar-refractivity contribution >= 4 is 37.3 Å². The van der Waals surface area contributed by atoms with E-state index < -0.39 is 0 Å². The molecule has 0 spiro atoms. The van der Waals surface area contributed by atoms with Crippen LogP contribution >= 0.6 is 11.3 Å². The molecule has 8 heteroatoms. The third kappa shape index (κ3) is 3.49. The van der Waals surface area contributed by atoms with E-state index >= 15 is 0 Å². The highest BCUT2D eigenvalue weighted by Crippen LogP contribution is 2.30. The molecule has 7 nitrogen and oxygen atoms in total. The highest BCUT2D eigenvalue weighted by Gasteiger charge is 2.21. The first-order valence-electron chi connectivity index (χ1n) is 10.8. The Morgan fingerprint density at radius 3 is 2.44 bits per heavy atom. The zero-order chi connectivity index (χ0) is 22.2. The summed E-state index contributed by atoms with van der Waals surface area (Å²) < 4.78 is 10.2. The molecule has 0 N–H and O–H groups in total. The van der Waals surface area contributed by atoms with Crippen LogP contribution in [-0.2, 0) is 13.6 Å². The number of benzene rings is 2. The summed E-state index contributed by atoms with van der Waals surface area (Å²) in [6.07, 6.45) is 0. The van der Waals surface area contributed by atoms with Gasteiger partial charge in [-0.2, -0.15) is 0 Å². The molecule has 1 fully saturated rings. The molecular weight excluding hydrogens is 424 g/mol. The second kappa shape index (κ2) is 8.44. The van der Waals surface area contributed by atoms with Gasteiger partial charge in [-0.3, -0.25) is 18.8 Å². The van der Waals surface area contributed by atoms with Gasteiger partial charge in [0, 0.05) is 56.4 Å². The van der Waals surface area contributed by atoms with E-state index in [4.69, 9.17) is 4.74 Å². The van der Waals surface area contributed by atoms with Gasteiger partial charge in [-0.1, -0.05) is 30.3 Å². The van der Waals surface area contributed by atoms with E-state index in [2.05, 4.69) is 15.9 Å². The number of hydrogen-bond acceptors (Lipinski definition) is 6.